The monoisotopic (exact) mass is 323 g/mol. The minimum atomic E-state index is 0.400. The number of hydrogen-bond acceptors (Lipinski definition) is 2. The standard InChI is InChI=1S/C21H25NO2/c1-24-21-12-6-9-19(14-21)18-8-5-7-17(13-18)15-22(16-23)20-10-3-2-4-11-20/h5-9,12-14,16,20H,2-4,10-11,15H2,1H3. The molecule has 1 amide bonds. The van der Waals surface area contributed by atoms with E-state index in [1.807, 2.05) is 23.1 Å². The highest BCUT2D eigenvalue weighted by Crippen LogP contribution is 2.26. The molecule has 0 spiro atoms. The molecule has 0 N–H and O–H groups in total. The Kier molecular flexibility index (Phi) is 5.52. The molecule has 1 fully saturated rings. The lowest BCUT2D eigenvalue weighted by atomic mass is 9.94. The fourth-order valence-electron chi connectivity index (χ4n) is 3.53. The molecule has 0 saturated heterocycles. The summed E-state index contributed by atoms with van der Waals surface area (Å²) < 4.78 is 5.31. The summed E-state index contributed by atoms with van der Waals surface area (Å²) in [7, 11) is 1.68. The van der Waals surface area contributed by atoms with Crippen molar-refractivity contribution < 1.29 is 9.53 Å². The Labute approximate surface area is 144 Å². The summed E-state index contributed by atoms with van der Waals surface area (Å²) in [5.41, 5.74) is 3.46. The number of nitrogens with zero attached hydrogens (tertiary/aromatic N) is 1. The number of benzene rings is 2. The van der Waals surface area contributed by atoms with E-state index in [0.717, 1.165) is 36.1 Å². The highest BCUT2D eigenvalue weighted by atomic mass is 16.5. The van der Waals surface area contributed by atoms with Crippen LogP contribution in [0, 0.1) is 0 Å². The third-order valence-corrected chi connectivity index (χ3v) is 4.87. The Hall–Kier alpha value is -2.29. The van der Waals surface area contributed by atoms with Crippen molar-refractivity contribution in [3.63, 3.8) is 0 Å². The van der Waals surface area contributed by atoms with Crippen molar-refractivity contribution in [3.8, 4) is 16.9 Å². The number of rotatable bonds is 6. The Balaban J connectivity index is 1.77. The summed E-state index contributed by atoms with van der Waals surface area (Å²) in [6.07, 6.45) is 7.06. The van der Waals surface area contributed by atoms with Crippen molar-refractivity contribution in [2.45, 2.75) is 44.7 Å². The van der Waals surface area contributed by atoms with Gasteiger partial charge in [-0.05, 0) is 47.7 Å². The maximum absolute atomic E-state index is 11.6. The highest BCUT2D eigenvalue weighted by molar-refractivity contribution is 5.66. The van der Waals surface area contributed by atoms with Crippen molar-refractivity contribution in [1.82, 2.24) is 4.90 Å². The van der Waals surface area contributed by atoms with Crippen LogP contribution in [0.3, 0.4) is 0 Å². The molecule has 2 aromatic rings. The lowest BCUT2D eigenvalue weighted by Gasteiger charge is -2.31. The van der Waals surface area contributed by atoms with Gasteiger partial charge in [0.2, 0.25) is 6.41 Å². The van der Waals surface area contributed by atoms with Crippen LogP contribution in [-0.4, -0.2) is 24.5 Å². The molecule has 1 aliphatic rings. The Morgan fingerprint density at radius 1 is 1.04 bits per heavy atom. The molecule has 3 heteroatoms. The number of amides is 1. The van der Waals surface area contributed by atoms with Gasteiger partial charge in [-0.2, -0.15) is 0 Å². The van der Waals surface area contributed by atoms with Crippen LogP contribution < -0.4 is 4.74 Å². The van der Waals surface area contributed by atoms with E-state index in [1.54, 1.807) is 7.11 Å². The average Bonchev–Trinajstić information content (AvgIpc) is 2.67. The van der Waals surface area contributed by atoms with Crippen LogP contribution in [0.15, 0.2) is 48.5 Å². The third kappa shape index (κ3) is 3.97. The molecular formula is C21H25NO2. The van der Waals surface area contributed by atoms with Crippen LogP contribution in [0.4, 0.5) is 0 Å². The number of methoxy groups -OCH3 is 1. The number of ether oxygens (including phenoxy) is 1. The molecule has 0 aliphatic heterocycles. The summed E-state index contributed by atoms with van der Waals surface area (Å²) in [4.78, 5) is 13.5. The van der Waals surface area contributed by atoms with Crippen molar-refractivity contribution >= 4 is 6.41 Å². The van der Waals surface area contributed by atoms with Gasteiger partial charge in [0.1, 0.15) is 5.75 Å². The van der Waals surface area contributed by atoms with E-state index in [-0.39, 0.29) is 0 Å². The number of carbonyl (C=O) groups excluding carboxylic acids is 1. The SMILES string of the molecule is COc1cccc(-c2cccc(CN(C=O)C3CCCCC3)c2)c1. The minimum Gasteiger partial charge on any atom is -0.497 e. The molecule has 0 heterocycles. The molecule has 2 aromatic carbocycles. The van der Waals surface area contributed by atoms with Crippen LogP contribution >= 0.6 is 0 Å². The number of hydrogen-bond donors (Lipinski definition) is 0. The Morgan fingerprint density at radius 3 is 2.46 bits per heavy atom. The fraction of sp³-hybridized carbons (Fsp3) is 0.381. The lowest BCUT2D eigenvalue weighted by molar-refractivity contribution is -0.121. The zero-order valence-electron chi connectivity index (χ0n) is 14.3. The minimum absolute atomic E-state index is 0.400. The van der Waals surface area contributed by atoms with Gasteiger partial charge in [-0.15, -0.1) is 0 Å². The molecule has 0 atom stereocenters. The molecule has 0 radical (unpaired) electrons. The Morgan fingerprint density at radius 2 is 1.75 bits per heavy atom. The van der Waals surface area contributed by atoms with Crippen LogP contribution in [0.5, 0.6) is 5.75 Å². The lowest BCUT2D eigenvalue weighted by Crippen LogP contribution is -2.35. The van der Waals surface area contributed by atoms with Crippen LogP contribution in [0.25, 0.3) is 11.1 Å². The van der Waals surface area contributed by atoms with Crippen molar-refractivity contribution in [1.29, 1.82) is 0 Å². The van der Waals surface area contributed by atoms with Crippen molar-refractivity contribution in [2.24, 2.45) is 0 Å². The van der Waals surface area contributed by atoms with Crippen LogP contribution in [0.2, 0.25) is 0 Å². The van der Waals surface area contributed by atoms with E-state index in [4.69, 9.17) is 4.74 Å². The van der Waals surface area contributed by atoms with Gasteiger partial charge in [0.05, 0.1) is 7.11 Å². The van der Waals surface area contributed by atoms with Crippen molar-refractivity contribution in [2.75, 3.05) is 7.11 Å². The summed E-state index contributed by atoms with van der Waals surface area (Å²) in [6.45, 7) is 0.686. The highest BCUT2D eigenvalue weighted by Gasteiger charge is 2.19. The zero-order chi connectivity index (χ0) is 16.8. The van der Waals surface area contributed by atoms with Gasteiger partial charge < -0.3 is 9.64 Å². The molecule has 0 aromatic heterocycles. The second kappa shape index (κ2) is 8.00. The van der Waals surface area contributed by atoms with Gasteiger partial charge in [0, 0.05) is 12.6 Å². The maximum atomic E-state index is 11.6. The first-order valence-corrected chi connectivity index (χ1v) is 8.74. The van der Waals surface area contributed by atoms with E-state index in [9.17, 15) is 4.79 Å². The molecule has 126 valence electrons. The van der Waals surface area contributed by atoms with Gasteiger partial charge in [0.25, 0.3) is 0 Å². The topological polar surface area (TPSA) is 29.5 Å². The fourth-order valence-corrected chi connectivity index (χ4v) is 3.53. The van der Waals surface area contributed by atoms with E-state index >= 15 is 0 Å². The molecule has 3 nitrogen and oxygen atoms in total. The first-order valence-electron chi connectivity index (χ1n) is 8.74. The second-order valence-electron chi connectivity index (χ2n) is 6.50. The van der Waals surface area contributed by atoms with Gasteiger partial charge in [-0.25, -0.2) is 0 Å². The maximum Gasteiger partial charge on any atom is 0.210 e. The van der Waals surface area contributed by atoms with Gasteiger partial charge in [-0.1, -0.05) is 49.6 Å². The quantitative estimate of drug-likeness (QED) is 0.724. The van der Waals surface area contributed by atoms with Gasteiger partial charge in [0.15, 0.2) is 0 Å². The smallest absolute Gasteiger partial charge is 0.210 e. The average molecular weight is 323 g/mol. The summed E-state index contributed by atoms with van der Waals surface area (Å²) in [6, 6.07) is 16.9. The molecule has 1 aliphatic carbocycles. The zero-order valence-corrected chi connectivity index (χ0v) is 14.3. The molecular weight excluding hydrogens is 298 g/mol. The summed E-state index contributed by atoms with van der Waals surface area (Å²) >= 11 is 0. The Bertz CT molecular complexity index is 677. The van der Waals surface area contributed by atoms with E-state index in [0.29, 0.717) is 12.6 Å². The largest absolute Gasteiger partial charge is 0.497 e. The number of carbonyl (C=O) groups is 1. The second-order valence-corrected chi connectivity index (χ2v) is 6.50. The van der Waals surface area contributed by atoms with Crippen molar-refractivity contribution in [3.05, 3.63) is 54.1 Å². The molecule has 1 saturated carbocycles. The van der Waals surface area contributed by atoms with Gasteiger partial charge >= 0.3 is 0 Å². The van der Waals surface area contributed by atoms with E-state index < -0.39 is 0 Å². The molecule has 24 heavy (non-hydrogen) atoms. The molecule has 0 unspecified atom stereocenters. The summed E-state index contributed by atoms with van der Waals surface area (Å²) in [5, 5.41) is 0. The van der Waals surface area contributed by atoms with E-state index in [2.05, 4.69) is 30.3 Å². The van der Waals surface area contributed by atoms with Crippen LogP contribution in [0.1, 0.15) is 37.7 Å². The third-order valence-electron chi connectivity index (χ3n) is 4.87. The molecule has 3 rings (SSSR count). The van der Waals surface area contributed by atoms with Gasteiger partial charge in [-0.3, -0.25) is 4.79 Å². The van der Waals surface area contributed by atoms with E-state index in [1.165, 1.54) is 24.8 Å². The first-order chi connectivity index (χ1) is 11.8. The normalized spacial score (nSPS) is 15.0. The first kappa shape index (κ1) is 16.6. The predicted octanol–water partition coefficient (Wildman–Crippen LogP) is 4.65. The molecule has 0 bridgehead atoms. The summed E-state index contributed by atoms with van der Waals surface area (Å²) in [5.74, 6) is 0.856. The van der Waals surface area contributed by atoms with Crippen LogP contribution in [-0.2, 0) is 11.3 Å². The predicted molar refractivity (Wildman–Crippen MR) is 96.9 cm³/mol.